The van der Waals surface area contributed by atoms with Crippen molar-refractivity contribution in [2.45, 2.75) is 24.9 Å². The maximum Gasteiger partial charge on any atom is 0.334 e. The van der Waals surface area contributed by atoms with Gasteiger partial charge in [-0.3, -0.25) is 24.0 Å². The third-order valence-electron chi connectivity index (χ3n) is 6.91. The van der Waals surface area contributed by atoms with Gasteiger partial charge in [-0.05, 0) is 52.9 Å². The molecule has 3 heterocycles. The van der Waals surface area contributed by atoms with Crippen LogP contribution in [0.4, 0.5) is 10.5 Å². The summed E-state index contributed by atoms with van der Waals surface area (Å²) in [6, 6.07) is 16.2. The second-order valence-electron chi connectivity index (χ2n) is 8.88. The molecule has 2 aromatic carbocycles. The molecule has 0 radical (unpaired) electrons. The van der Waals surface area contributed by atoms with Gasteiger partial charge >= 0.3 is 11.7 Å². The Hall–Kier alpha value is -4.18. The fourth-order valence-corrected chi connectivity index (χ4v) is 5.83. The van der Waals surface area contributed by atoms with Crippen LogP contribution in [0.1, 0.15) is 11.1 Å². The van der Waals surface area contributed by atoms with E-state index in [-0.39, 0.29) is 24.0 Å². The van der Waals surface area contributed by atoms with Crippen LogP contribution in [-0.4, -0.2) is 44.5 Å². The number of urea groups is 1. The number of benzene rings is 2. The first-order chi connectivity index (χ1) is 16.9. The number of carbonyl (C=O) groups is 3. The Kier molecular flexibility index (Phi) is 4.68. The molecule has 10 heteroatoms. The number of aromatic nitrogens is 2. The number of fused-ring (bicyclic) bond motifs is 2. The van der Waals surface area contributed by atoms with E-state index in [1.54, 1.807) is 17.7 Å². The molecule has 35 heavy (non-hydrogen) atoms. The number of anilines is 1. The molecule has 1 aliphatic carbocycles. The Labute approximate surface area is 203 Å². The monoisotopic (exact) mass is 487 g/mol. The normalized spacial score (nSPS) is 18.9. The van der Waals surface area contributed by atoms with Crippen molar-refractivity contribution in [3.05, 3.63) is 81.6 Å². The summed E-state index contributed by atoms with van der Waals surface area (Å²) in [5, 5.41) is 7.96. The number of hydrogen-bond acceptors (Lipinski definition) is 5. The molecule has 6 rings (SSSR count). The molecule has 1 aliphatic heterocycles. The maximum absolute atomic E-state index is 13.2. The molecule has 9 nitrogen and oxygen atoms in total. The predicted octanol–water partition coefficient (Wildman–Crippen LogP) is 2.51. The van der Waals surface area contributed by atoms with E-state index in [1.807, 2.05) is 53.9 Å². The Bertz CT molecular complexity index is 1590. The lowest BCUT2D eigenvalue weighted by atomic mass is 9.95. The molecule has 176 valence electrons. The molecule has 1 spiro atoms. The van der Waals surface area contributed by atoms with Gasteiger partial charge in [0.1, 0.15) is 17.1 Å². The van der Waals surface area contributed by atoms with Crippen LogP contribution in [0.25, 0.3) is 16.0 Å². The van der Waals surface area contributed by atoms with Gasteiger partial charge in [-0.1, -0.05) is 18.2 Å². The third-order valence-corrected chi connectivity index (χ3v) is 7.76. The summed E-state index contributed by atoms with van der Waals surface area (Å²) in [4.78, 5) is 52.2. The Morgan fingerprint density at radius 3 is 2.51 bits per heavy atom. The van der Waals surface area contributed by atoms with Gasteiger partial charge in [-0.2, -0.15) is 0 Å². The van der Waals surface area contributed by atoms with Crippen molar-refractivity contribution in [2.75, 3.05) is 12.4 Å². The number of imidazole rings is 1. The van der Waals surface area contributed by atoms with Crippen LogP contribution in [0.3, 0.4) is 0 Å². The van der Waals surface area contributed by atoms with Crippen LogP contribution in [-0.2, 0) is 29.0 Å². The highest BCUT2D eigenvalue weighted by molar-refractivity contribution is 7.12. The Morgan fingerprint density at radius 1 is 1.03 bits per heavy atom. The predicted molar refractivity (Wildman–Crippen MR) is 132 cm³/mol. The van der Waals surface area contributed by atoms with Crippen molar-refractivity contribution in [1.29, 1.82) is 0 Å². The minimum Gasteiger partial charge on any atom is -0.325 e. The second-order valence-corrected chi connectivity index (χ2v) is 9.81. The number of rotatable bonds is 4. The molecule has 4 aromatic rings. The van der Waals surface area contributed by atoms with E-state index in [0.717, 1.165) is 21.6 Å². The van der Waals surface area contributed by atoms with Crippen molar-refractivity contribution in [1.82, 2.24) is 19.4 Å². The summed E-state index contributed by atoms with van der Waals surface area (Å²) >= 11 is 1.46. The third kappa shape index (κ3) is 3.21. The number of carbonyl (C=O) groups excluding carboxylic acids is 3. The standard InChI is InChI=1S/C25H21N5O4S/c1-28-23(33)27-22(32)25(28)12-15-8-9-17(11-16(15)13-25)26-20(31)14-29-18-5-2-3-6-19(18)30(24(29)34)21-7-4-10-35-21/h2-11H,12-14H2,1H3,(H,26,31)(H,27,32,33). The van der Waals surface area contributed by atoms with Gasteiger partial charge in [-0.15, -0.1) is 11.3 Å². The highest BCUT2D eigenvalue weighted by Crippen LogP contribution is 2.38. The zero-order chi connectivity index (χ0) is 24.3. The number of para-hydroxylation sites is 2. The van der Waals surface area contributed by atoms with E-state index in [9.17, 15) is 19.2 Å². The van der Waals surface area contributed by atoms with E-state index >= 15 is 0 Å². The van der Waals surface area contributed by atoms with Crippen molar-refractivity contribution in [3.63, 3.8) is 0 Å². The van der Waals surface area contributed by atoms with Gasteiger partial charge in [0.2, 0.25) is 5.91 Å². The summed E-state index contributed by atoms with van der Waals surface area (Å²) in [5.41, 5.74) is 2.67. The summed E-state index contributed by atoms with van der Waals surface area (Å²) in [6.45, 7) is -0.140. The van der Waals surface area contributed by atoms with Crippen molar-refractivity contribution in [2.24, 2.45) is 0 Å². The number of hydrogen-bond donors (Lipinski definition) is 2. The topological polar surface area (TPSA) is 105 Å². The van der Waals surface area contributed by atoms with Crippen LogP contribution in [0, 0.1) is 0 Å². The summed E-state index contributed by atoms with van der Waals surface area (Å²) in [6.07, 6.45) is 0.816. The molecule has 0 saturated carbocycles. The summed E-state index contributed by atoms with van der Waals surface area (Å²) in [5.74, 6) is -0.631. The van der Waals surface area contributed by atoms with E-state index in [1.165, 1.54) is 20.8 Å². The zero-order valence-electron chi connectivity index (χ0n) is 18.8. The molecule has 1 fully saturated rings. The molecule has 2 aliphatic rings. The van der Waals surface area contributed by atoms with E-state index in [2.05, 4.69) is 10.6 Å². The molecule has 2 aromatic heterocycles. The van der Waals surface area contributed by atoms with Crippen LogP contribution in [0.15, 0.2) is 64.8 Å². The van der Waals surface area contributed by atoms with Crippen LogP contribution in [0.2, 0.25) is 0 Å². The van der Waals surface area contributed by atoms with Gasteiger partial charge < -0.3 is 10.2 Å². The van der Waals surface area contributed by atoms with Gasteiger partial charge in [0.15, 0.2) is 0 Å². The minimum absolute atomic E-state index is 0.140. The first kappa shape index (κ1) is 21.4. The van der Waals surface area contributed by atoms with Gasteiger partial charge in [0, 0.05) is 25.6 Å². The SMILES string of the molecule is CN1C(=O)NC(=O)C12Cc1ccc(NC(=O)Cn3c(=O)n(-c4cccs4)c4ccccc43)cc1C2. The largest absolute Gasteiger partial charge is 0.334 e. The van der Waals surface area contributed by atoms with Crippen molar-refractivity contribution in [3.8, 4) is 5.00 Å². The van der Waals surface area contributed by atoms with Crippen molar-refractivity contribution >= 4 is 45.9 Å². The summed E-state index contributed by atoms with van der Waals surface area (Å²) < 4.78 is 3.09. The number of amides is 4. The van der Waals surface area contributed by atoms with Crippen LogP contribution >= 0.6 is 11.3 Å². The number of thiophene rings is 1. The van der Waals surface area contributed by atoms with Gasteiger partial charge in [-0.25, -0.2) is 9.59 Å². The van der Waals surface area contributed by atoms with Gasteiger partial charge in [0.25, 0.3) is 5.91 Å². The van der Waals surface area contributed by atoms with E-state index in [0.29, 0.717) is 24.0 Å². The highest BCUT2D eigenvalue weighted by Gasteiger charge is 2.54. The molecule has 2 N–H and O–H groups in total. The molecular formula is C25H21N5O4S. The van der Waals surface area contributed by atoms with Crippen LogP contribution in [0.5, 0.6) is 0 Å². The Balaban J connectivity index is 1.26. The average Bonchev–Trinajstić information content (AvgIpc) is 3.59. The number of nitrogens with zero attached hydrogens (tertiary/aromatic N) is 3. The smallest absolute Gasteiger partial charge is 0.325 e. The first-order valence-electron chi connectivity index (χ1n) is 11.1. The molecular weight excluding hydrogens is 466 g/mol. The molecule has 1 saturated heterocycles. The number of nitrogens with one attached hydrogen (secondary N) is 2. The van der Waals surface area contributed by atoms with E-state index in [4.69, 9.17) is 0 Å². The van der Waals surface area contributed by atoms with E-state index < -0.39 is 11.6 Å². The summed E-state index contributed by atoms with van der Waals surface area (Å²) in [7, 11) is 1.62. The Morgan fingerprint density at radius 2 is 1.80 bits per heavy atom. The molecule has 4 amide bonds. The van der Waals surface area contributed by atoms with Crippen molar-refractivity contribution < 1.29 is 14.4 Å². The van der Waals surface area contributed by atoms with Gasteiger partial charge in [0.05, 0.1) is 11.0 Å². The lowest BCUT2D eigenvalue weighted by Gasteiger charge is -2.27. The molecule has 0 bridgehead atoms. The number of likely N-dealkylation sites (N-methyl/N-ethyl adjacent to an activating group) is 1. The minimum atomic E-state index is -0.918. The lowest BCUT2D eigenvalue weighted by molar-refractivity contribution is -0.125. The quantitative estimate of drug-likeness (QED) is 0.432. The fraction of sp³-hybridized carbons (Fsp3) is 0.200. The molecule has 1 unspecified atom stereocenters. The van der Waals surface area contributed by atoms with Crippen LogP contribution < -0.4 is 16.3 Å². The first-order valence-corrected chi connectivity index (χ1v) is 12.0. The highest BCUT2D eigenvalue weighted by atomic mass is 32.1. The average molecular weight is 488 g/mol. The molecule has 1 atom stereocenters. The fourth-order valence-electron chi connectivity index (χ4n) is 5.09. The zero-order valence-corrected chi connectivity index (χ0v) is 19.6. The lowest BCUT2D eigenvalue weighted by Crippen LogP contribution is -2.48. The second kappa shape index (κ2) is 7.67. The number of imide groups is 1. The maximum atomic E-state index is 13.2.